The van der Waals surface area contributed by atoms with Crippen LogP contribution in [-0.4, -0.2) is 11.5 Å². The van der Waals surface area contributed by atoms with Crippen LogP contribution in [0.3, 0.4) is 0 Å². The van der Waals surface area contributed by atoms with Crippen LogP contribution in [-0.2, 0) is 16.6 Å². The molecular weight excluding hydrogens is 258 g/mol. The molecule has 0 unspecified atom stereocenters. The molecule has 0 radical (unpaired) electrons. The van der Waals surface area contributed by atoms with Crippen LogP contribution < -0.4 is 0 Å². The minimum Gasteiger partial charge on any atom is -0.298 e. The molecule has 1 aliphatic heterocycles. The maximum absolute atomic E-state index is 12.8. The molecule has 0 spiro atoms. The number of benzene rings is 2. The number of fused-ring (bicyclic) bond motifs is 1. The van der Waals surface area contributed by atoms with Gasteiger partial charge in [0.2, 0.25) is 0 Å². The molecule has 0 amide bonds. The highest BCUT2D eigenvalue weighted by atomic mass is 16.1. The van der Waals surface area contributed by atoms with Crippen molar-refractivity contribution in [3.8, 4) is 0 Å². The molecule has 2 aromatic carbocycles. The summed E-state index contributed by atoms with van der Waals surface area (Å²) in [4.78, 5) is 17.4. The number of aliphatic imine (C=N–C) groups is 1. The van der Waals surface area contributed by atoms with Crippen molar-refractivity contribution < 1.29 is 4.79 Å². The van der Waals surface area contributed by atoms with E-state index >= 15 is 0 Å². The van der Waals surface area contributed by atoms with E-state index in [9.17, 15) is 4.79 Å². The molecule has 0 N–H and O–H groups in total. The van der Waals surface area contributed by atoms with E-state index in [1.54, 1.807) is 0 Å². The third kappa shape index (κ3) is 2.11. The monoisotopic (exact) mass is 275 g/mol. The first-order chi connectivity index (χ1) is 10.3. The molecule has 2 aromatic rings. The van der Waals surface area contributed by atoms with Crippen LogP contribution in [0.2, 0.25) is 0 Å². The van der Waals surface area contributed by atoms with Crippen LogP contribution in [0, 0.1) is 0 Å². The Morgan fingerprint density at radius 3 is 2.43 bits per heavy atom. The molecule has 0 atom stereocenters. The van der Waals surface area contributed by atoms with Crippen LogP contribution in [0.1, 0.15) is 30.4 Å². The summed E-state index contributed by atoms with van der Waals surface area (Å²) in [6, 6.07) is 18.4. The van der Waals surface area contributed by atoms with E-state index in [1.807, 2.05) is 36.4 Å². The Morgan fingerprint density at radius 2 is 1.71 bits per heavy atom. The normalized spacial score (nSPS) is 18.0. The van der Waals surface area contributed by atoms with E-state index in [0.717, 1.165) is 30.7 Å². The topological polar surface area (TPSA) is 29.4 Å². The fraction of sp³-hybridized carbons (Fsp3) is 0.263. The van der Waals surface area contributed by atoms with Crippen LogP contribution in [0.4, 0.5) is 5.69 Å². The maximum Gasteiger partial charge on any atom is 0.149 e. The average Bonchev–Trinajstić information content (AvgIpc) is 3.23. The van der Waals surface area contributed by atoms with E-state index in [-0.39, 0.29) is 5.41 Å². The Hall–Kier alpha value is -2.22. The number of hydrogen-bond donors (Lipinski definition) is 0. The van der Waals surface area contributed by atoms with Gasteiger partial charge in [0.05, 0.1) is 11.1 Å². The zero-order valence-electron chi connectivity index (χ0n) is 11.9. The van der Waals surface area contributed by atoms with Gasteiger partial charge in [-0.25, -0.2) is 0 Å². The second-order valence-corrected chi connectivity index (χ2v) is 6.03. The van der Waals surface area contributed by atoms with Gasteiger partial charge in [-0.05, 0) is 30.0 Å². The zero-order chi connectivity index (χ0) is 14.3. The number of nitrogens with zero attached hydrogens (tertiary/aromatic N) is 1. The number of carbonyl (C=O) groups excluding carboxylic acids is 1. The summed E-state index contributed by atoms with van der Waals surface area (Å²) in [5.74, 6) is 0.334. The molecule has 2 heteroatoms. The van der Waals surface area contributed by atoms with Crippen LogP contribution in [0.15, 0.2) is 59.6 Å². The second kappa shape index (κ2) is 4.66. The van der Waals surface area contributed by atoms with Gasteiger partial charge in [-0.3, -0.25) is 9.79 Å². The van der Waals surface area contributed by atoms with Crippen molar-refractivity contribution in [2.75, 3.05) is 0 Å². The van der Waals surface area contributed by atoms with Gasteiger partial charge >= 0.3 is 0 Å². The molecule has 104 valence electrons. The molecule has 1 saturated carbocycles. The van der Waals surface area contributed by atoms with Gasteiger partial charge in [0.15, 0.2) is 0 Å². The summed E-state index contributed by atoms with van der Waals surface area (Å²) in [7, 11) is 0. The predicted octanol–water partition coefficient (Wildman–Crippen LogP) is 4.01. The highest BCUT2D eigenvalue weighted by Gasteiger charge is 2.50. The molecule has 2 aliphatic rings. The fourth-order valence-corrected chi connectivity index (χ4v) is 3.27. The first-order valence-electron chi connectivity index (χ1n) is 7.51. The third-order valence-electron chi connectivity index (χ3n) is 4.64. The number of Topliss-reactive ketones (excluding diaryl/α,β-unsaturated/α-hetero) is 1. The van der Waals surface area contributed by atoms with Gasteiger partial charge < -0.3 is 0 Å². The quantitative estimate of drug-likeness (QED) is 0.829. The van der Waals surface area contributed by atoms with Crippen molar-refractivity contribution in [3.05, 3.63) is 65.7 Å². The maximum atomic E-state index is 12.8. The van der Waals surface area contributed by atoms with Crippen LogP contribution in [0.25, 0.3) is 0 Å². The molecule has 0 aromatic heterocycles. The van der Waals surface area contributed by atoms with Gasteiger partial charge in [0.25, 0.3) is 0 Å². The van der Waals surface area contributed by atoms with Gasteiger partial charge in [-0.15, -0.1) is 0 Å². The van der Waals surface area contributed by atoms with Gasteiger partial charge in [0.1, 0.15) is 5.78 Å². The SMILES string of the molecule is O=C(CC1=Nc2ccccc2C1)C1(c2ccccc2)CC1. The average molecular weight is 275 g/mol. The van der Waals surface area contributed by atoms with E-state index < -0.39 is 0 Å². The minimum atomic E-state index is -0.224. The first-order valence-corrected chi connectivity index (χ1v) is 7.51. The lowest BCUT2D eigenvalue weighted by Crippen LogP contribution is -2.23. The number of rotatable bonds is 4. The largest absolute Gasteiger partial charge is 0.298 e. The van der Waals surface area contributed by atoms with E-state index in [1.165, 1.54) is 11.1 Å². The van der Waals surface area contributed by atoms with Crippen molar-refractivity contribution in [2.45, 2.75) is 31.1 Å². The van der Waals surface area contributed by atoms with E-state index in [2.05, 4.69) is 23.2 Å². The Kier molecular flexibility index (Phi) is 2.78. The number of hydrogen-bond acceptors (Lipinski definition) is 2. The summed E-state index contributed by atoms with van der Waals surface area (Å²) in [5, 5.41) is 0. The summed E-state index contributed by atoms with van der Waals surface area (Å²) < 4.78 is 0. The standard InChI is InChI=1S/C19H17NO/c21-18(19(10-11-19)15-7-2-1-3-8-15)13-16-12-14-6-4-5-9-17(14)20-16/h1-9H,10-13H2. The summed E-state index contributed by atoms with van der Waals surface area (Å²) in [5.41, 5.74) is 4.24. The summed E-state index contributed by atoms with van der Waals surface area (Å²) in [6.07, 6.45) is 3.28. The lowest BCUT2D eigenvalue weighted by Gasteiger charge is -2.14. The molecule has 1 heterocycles. The molecule has 4 rings (SSSR count). The lowest BCUT2D eigenvalue weighted by molar-refractivity contribution is -0.120. The molecule has 1 fully saturated rings. The Morgan fingerprint density at radius 1 is 1.00 bits per heavy atom. The van der Waals surface area contributed by atoms with Crippen LogP contribution >= 0.6 is 0 Å². The Bertz CT molecular complexity index is 726. The number of para-hydroxylation sites is 1. The Balaban J connectivity index is 1.53. The number of carbonyl (C=O) groups is 1. The predicted molar refractivity (Wildman–Crippen MR) is 84.2 cm³/mol. The van der Waals surface area contributed by atoms with Crippen molar-refractivity contribution in [1.82, 2.24) is 0 Å². The second-order valence-electron chi connectivity index (χ2n) is 6.03. The fourth-order valence-electron chi connectivity index (χ4n) is 3.27. The lowest BCUT2D eigenvalue weighted by atomic mass is 9.88. The smallest absolute Gasteiger partial charge is 0.149 e. The van der Waals surface area contributed by atoms with E-state index in [4.69, 9.17) is 0 Å². The third-order valence-corrected chi connectivity index (χ3v) is 4.64. The molecular formula is C19H17NO. The van der Waals surface area contributed by atoms with E-state index in [0.29, 0.717) is 12.2 Å². The zero-order valence-corrected chi connectivity index (χ0v) is 11.9. The first kappa shape index (κ1) is 12.5. The molecule has 21 heavy (non-hydrogen) atoms. The molecule has 0 bridgehead atoms. The van der Waals surface area contributed by atoms with Crippen molar-refractivity contribution >= 4 is 17.2 Å². The molecule has 1 aliphatic carbocycles. The van der Waals surface area contributed by atoms with Crippen LogP contribution in [0.5, 0.6) is 0 Å². The highest BCUT2D eigenvalue weighted by molar-refractivity contribution is 6.10. The minimum absolute atomic E-state index is 0.224. The Labute approximate surface area is 124 Å². The van der Waals surface area contributed by atoms with Crippen molar-refractivity contribution in [1.29, 1.82) is 0 Å². The van der Waals surface area contributed by atoms with Gasteiger partial charge in [-0.1, -0.05) is 48.5 Å². The molecule has 2 nitrogen and oxygen atoms in total. The van der Waals surface area contributed by atoms with Gasteiger partial charge in [-0.2, -0.15) is 0 Å². The van der Waals surface area contributed by atoms with Crippen molar-refractivity contribution in [3.63, 3.8) is 0 Å². The number of ketones is 1. The summed E-state index contributed by atoms with van der Waals surface area (Å²) >= 11 is 0. The summed E-state index contributed by atoms with van der Waals surface area (Å²) in [6.45, 7) is 0. The highest BCUT2D eigenvalue weighted by Crippen LogP contribution is 2.49. The van der Waals surface area contributed by atoms with Gasteiger partial charge in [0, 0.05) is 18.6 Å². The molecule has 0 saturated heterocycles. The van der Waals surface area contributed by atoms with Crippen molar-refractivity contribution in [2.24, 2.45) is 4.99 Å².